The molecule has 1 heterocycles. The van der Waals surface area contributed by atoms with E-state index in [0.717, 1.165) is 0 Å². The van der Waals surface area contributed by atoms with Crippen LogP contribution >= 0.6 is 0 Å². The van der Waals surface area contributed by atoms with Gasteiger partial charge in [0.2, 0.25) is 0 Å². The van der Waals surface area contributed by atoms with E-state index in [1.807, 2.05) is 6.07 Å². The Morgan fingerprint density at radius 1 is 1.20 bits per heavy atom. The van der Waals surface area contributed by atoms with Crippen LogP contribution in [0.4, 0.5) is 4.39 Å². The summed E-state index contributed by atoms with van der Waals surface area (Å²) in [4.78, 5) is 0. The summed E-state index contributed by atoms with van der Waals surface area (Å²) >= 11 is 0. The summed E-state index contributed by atoms with van der Waals surface area (Å²) in [5, 5.41) is 28.6. The number of aliphatic hydroxyl groups is 1. The molecule has 2 aromatic carbocycles. The summed E-state index contributed by atoms with van der Waals surface area (Å²) in [6.07, 6.45) is 0. The third-order valence-electron chi connectivity index (χ3n) is 3.05. The molecule has 6 heteroatoms. The Balaban J connectivity index is 2.34. The Morgan fingerprint density at radius 3 is 2.80 bits per heavy atom. The maximum Gasteiger partial charge on any atom is 0.131 e. The second-order valence-electron chi connectivity index (χ2n) is 4.30. The van der Waals surface area contributed by atoms with E-state index < -0.39 is 5.82 Å². The minimum absolute atomic E-state index is 0.187. The molecular formula is C14H9FN4O. The quantitative estimate of drug-likeness (QED) is 0.745. The molecule has 20 heavy (non-hydrogen) atoms. The molecule has 0 spiro atoms. The van der Waals surface area contributed by atoms with Gasteiger partial charge in [0, 0.05) is 11.1 Å². The molecular weight excluding hydrogens is 259 g/mol. The van der Waals surface area contributed by atoms with E-state index in [9.17, 15) is 4.39 Å². The van der Waals surface area contributed by atoms with Crippen LogP contribution in [0.25, 0.3) is 22.2 Å². The number of H-pyrrole nitrogens is 1. The molecule has 0 aliphatic rings. The molecule has 1 aromatic heterocycles. The number of nitrogens with zero attached hydrogens (tertiary/aromatic N) is 3. The molecule has 0 unspecified atom stereocenters. The maximum absolute atomic E-state index is 14.0. The van der Waals surface area contributed by atoms with Gasteiger partial charge in [0.25, 0.3) is 0 Å². The lowest BCUT2D eigenvalue weighted by Crippen LogP contribution is -1.91. The van der Waals surface area contributed by atoms with E-state index in [1.54, 1.807) is 18.2 Å². The van der Waals surface area contributed by atoms with E-state index in [2.05, 4.69) is 15.4 Å². The standard InChI is InChI=1S/C14H9FN4O/c15-12-2-1-8(7-20)3-10(12)11-4-9(6-16)5-13-14(11)18-19-17-13/h1-5,20H,7H2,(H,17,18,19). The lowest BCUT2D eigenvalue weighted by Gasteiger charge is -2.06. The largest absolute Gasteiger partial charge is 0.392 e. The van der Waals surface area contributed by atoms with Gasteiger partial charge in [0.15, 0.2) is 0 Å². The molecule has 0 radical (unpaired) electrons. The van der Waals surface area contributed by atoms with Gasteiger partial charge in [0.05, 0.1) is 18.2 Å². The summed E-state index contributed by atoms with van der Waals surface area (Å²) in [5.74, 6) is -0.443. The van der Waals surface area contributed by atoms with E-state index in [1.165, 1.54) is 12.1 Å². The fourth-order valence-corrected chi connectivity index (χ4v) is 2.10. The van der Waals surface area contributed by atoms with Crippen molar-refractivity contribution >= 4 is 11.0 Å². The molecule has 0 bridgehead atoms. The van der Waals surface area contributed by atoms with Crippen LogP contribution in [0, 0.1) is 17.1 Å². The summed E-state index contributed by atoms with van der Waals surface area (Å²) < 4.78 is 14.0. The molecule has 2 N–H and O–H groups in total. The molecule has 0 amide bonds. The second kappa shape index (κ2) is 4.72. The monoisotopic (exact) mass is 268 g/mol. The first kappa shape index (κ1) is 12.3. The lowest BCUT2D eigenvalue weighted by molar-refractivity contribution is 0.282. The van der Waals surface area contributed by atoms with Crippen molar-refractivity contribution in [2.24, 2.45) is 0 Å². The predicted molar refractivity (Wildman–Crippen MR) is 69.9 cm³/mol. The van der Waals surface area contributed by atoms with Gasteiger partial charge in [-0.2, -0.15) is 20.7 Å². The smallest absolute Gasteiger partial charge is 0.131 e. The van der Waals surface area contributed by atoms with E-state index in [0.29, 0.717) is 27.7 Å². The Morgan fingerprint density at radius 2 is 2.05 bits per heavy atom. The SMILES string of the molecule is N#Cc1cc(-c2cc(CO)ccc2F)c2n[nH]nc2c1. The molecule has 0 fully saturated rings. The van der Waals surface area contributed by atoms with Gasteiger partial charge in [0.1, 0.15) is 16.9 Å². The molecule has 98 valence electrons. The first-order valence-corrected chi connectivity index (χ1v) is 5.87. The highest BCUT2D eigenvalue weighted by atomic mass is 19.1. The third kappa shape index (κ3) is 1.90. The highest BCUT2D eigenvalue weighted by Gasteiger charge is 2.14. The number of nitrogens with one attached hydrogen (secondary N) is 1. The average molecular weight is 268 g/mol. The molecule has 3 aromatic rings. The topological polar surface area (TPSA) is 85.6 Å². The van der Waals surface area contributed by atoms with Gasteiger partial charge in [-0.05, 0) is 29.8 Å². The Labute approximate surface area is 113 Å². The molecule has 3 rings (SSSR count). The summed E-state index contributed by atoms with van der Waals surface area (Å²) in [7, 11) is 0. The number of hydrogen-bond donors (Lipinski definition) is 2. The zero-order valence-corrected chi connectivity index (χ0v) is 10.3. The number of nitriles is 1. The van der Waals surface area contributed by atoms with E-state index in [4.69, 9.17) is 10.4 Å². The number of benzene rings is 2. The van der Waals surface area contributed by atoms with Crippen LogP contribution in [0.5, 0.6) is 0 Å². The Hall–Kier alpha value is -2.78. The molecule has 0 saturated heterocycles. The number of aliphatic hydroxyl groups excluding tert-OH is 1. The van der Waals surface area contributed by atoms with Crippen molar-refractivity contribution in [1.29, 1.82) is 5.26 Å². The van der Waals surface area contributed by atoms with Gasteiger partial charge in [-0.1, -0.05) is 6.07 Å². The normalized spacial score (nSPS) is 10.7. The molecule has 0 aliphatic carbocycles. The molecule has 5 nitrogen and oxygen atoms in total. The molecule has 0 atom stereocenters. The lowest BCUT2D eigenvalue weighted by atomic mass is 9.99. The number of aromatic amines is 1. The van der Waals surface area contributed by atoms with Crippen molar-refractivity contribution in [3.63, 3.8) is 0 Å². The van der Waals surface area contributed by atoms with Crippen molar-refractivity contribution in [3.8, 4) is 17.2 Å². The van der Waals surface area contributed by atoms with Crippen LogP contribution < -0.4 is 0 Å². The third-order valence-corrected chi connectivity index (χ3v) is 3.05. The molecule has 0 saturated carbocycles. The van der Waals surface area contributed by atoms with E-state index >= 15 is 0 Å². The van der Waals surface area contributed by atoms with Gasteiger partial charge < -0.3 is 5.11 Å². The summed E-state index contributed by atoms with van der Waals surface area (Å²) in [6, 6.07) is 9.49. The fourth-order valence-electron chi connectivity index (χ4n) is 2.10. The summed E-state index contributed by atoms with van der Waals surface area (Å²) in [6.45, 7) is -0.187. The first-order valence-electron chi connectivity index (χ1n) is 5.87. The number of hydrogen-bond acceptors (Lipinski definition) is 4. The van der Waals surface area contributed by atoms with E-state index in [-0.39, 0.29) is 12.2 Å². The van der Waals surface area contributed by atoms with Crippen molar-refractivity contribution in [3.05, 3.63) is 47.3 Å². The zero-order chi connectivity index (χ0) is 14.1. The molecule has 0 aliphatic heterocycles. The second-order valence-corrected chi connectivity index (χ2v) is 4.30. The highest BCUT2D eigenvalue weighted by molar-refractivity contribution is 5.92. The van der Waals surface area contributed by atoms with Gasteiger partial charge >= 0.3 is 0 Å². The average Bonchev–Trinajstić information content (AvgIpc) is 2.95. The highest BCUT2D eigenvalue weighted by Crippen LogP contribution is 2.30. The van der Waals surface area contributed by atoms with Crippen molar-refractivity contribution in [2.75, 3.05) is 0 Å². The van der Waals surface area contributed by atoms with Crippen LogP contribution in [0.3, 0.4) is 0 Å². The van der Waals surface area contributed by atoms with Crippen molar-refractivity contribution in [2.45, 2.75) is 6.61 Å². The fraction of sp³-hybridized carbons (Fsp3) is 0.0714. The number of aromatic nitrogens is 3. The van der Waals surface area contributed by atoms with Gasteiger partial charge in [-0.15, -0.1) is 0 Å². The minimum Gasteiger partial charge on any atom is -0.392 e. The number of fused-ring (bicyclic) bond motifs is 1. The summed E-state index contributed by atoms with van der Waals surface area (Å²) in [5.41, 5.74) is 2.69. The van der Waals surface area contributed by atoms with Gasteiger partial charge in [-0.3, -0.25) is 0 Å². The van der Waals surface area contributed by atoms with Crippen LogP contribution in [0.1, 0.15) is 11.1 Å². The van der Waals surface area contributed by atoms with Crippen LogP contribution in [-0.2, 0) is 6.61 Å². The van der Waals surface area contributed by atoms with Crippen molar-refractivity contribution < 1.29 is 9.50 Å². The van der Waals surface area contributed by atoms with Crippen LogP contribution in [-0.4, -0.2) is 20.5 Å². The Kier molecular flexibility index (Phi) is 2.89. The minimum atomic E-state index is -0.443. The maximum atomic E-state index is 14.0. The zero-order valence-electron chi connectivity index (χ0n) is 10.3. The van der Waals surface area contributed by atoms with Crippen LogP contribution in [0.15, 0.2) is 30.3 Å². The Bertz CT molecular complexity index is 835. The first-order chi connectivity index (χ1) is 9.72. The van der Waals surface area contributed by atoms with Gasteiger partial charge in [-0.25, -0.2) is 4.39 Å². The predicted octanol–water partition coefficient (Wildman–Crippen LogP) is 2.13. The van der Waals surface area contributed by atoms with Crippen LogP contribution in [0.2, 0.25) is 0 Å². The number of halogens is 1. The van der Waals surface area contributed by atoms with Crippen molar-refractivity contribution in [1.82, 2.24) is 15.4 Å². The number of rotatable bonds is 2.